The molecule has 14 heavy (non-hydrogen) atoms. The summed E-state index contributed by atoms with van der Waals surface area (Å²) in [6.07, 6.45) is 5.63. The molecule has 0 aromatic rings. The Balaban J connectivity index is 2.18. The summed E-state index contributed by atoms with van der Waals surface area (Å²) in [6.45, 7) is 8.61. The van der Waals surface area contributed by atoms with Crippen molar-refractivity contribution in [2.24, 2.45) is 5.92 Å². The zero-order valence-corrected chi connectivity index (χ0v) is 9.88. The molecule has 1 rings (SSSR count). The summed E-state index contributed by atoms with van der Waals surface area (Å²) in [5.74, 6) is 0.662. The predicted molar refractivity (Wildman–Crippen MR) is 60.5 cm³/mol. The van der Waals surface area contributed by atoms with Gasteiger partial charge in [0, 0.05) is 12.6 Å². The van der Waals surface area contributed by atoms with Crippen molar-refractivity contribution >= 4 is 0 Å². The Kier molecular flexibility index (Phi) is 5.49. The maximum absolute atomic E-state index is 5.88. The van der Waals surface area contributed by atoms with E-state index in [9.17, 15) is 0 Å². The first-order valence-corrected chi connectivity index (χ1v) is 6.07. The average molecular weight is 199 g/mol. The summed E-state index contributed by atoms with van der Waals surface area (Å²) in [6, 6.07) is 0.700. The van der Waals surface area contributed by atoms with Gasteiger partial charge in [0.1, 0.15) is 0 Å². The maximum Gasteiger partial charge on any atom is 0.0590 e. The third-order valence-corrected chi connectivity index (χ3v) is 2.78. The lowest BCUT2D eigenvalue weighted by Crippen LogP contribution is -2.37. The minimum absolute atomic E-state index is 0.509. The van der Waals surface area contributed by atoms with E-state index in [1.165, 1.54) is 25.7 Å². The Morgan fingerprint density at radius 3 is 2.79 bits per heavy atom. The van der Waals surface area contributed by atoms with E-state index in [2.05, 4.69) is 26.1 Å². The van der Waals surface area contributed by atoms with E-state index in [1.807, 2.05) is 0 Å². The highest BCUT2D eigenvalue weighted by molar-refractivity contribution is 4.78. The molecule has 0 bridgehead atoms. The maximum atomic E-state index is 5.88. The van der Waals surface area contributed by atoms with Crippen LogP contribution in [0.1, 0.15) is 46.5 Å². The van der Waals surface area contributed by atoms with Gasteiger partial charge in [0.2, 0.25) is 0 Å². The van der Waals surface area contributed by atoms with Gasteiger partial charge in [-0.2, -0.15) is 0 Å². The normalized spacial score (nSPS) is 28.3. The number of ether oxygens (including phenoxy) is 1. The van der Waals surface area contributed by atoms with E-state index >= 15 is 0 Å². The van der Waals surface area contributed by atoms with Gasteiger partial charge in [-0.1, -0.05) is 20.8 Å². The molecule has 2 nitrogen and oxygen atoms in total. The van der Waals surface area contributed by atoms with Crippen molar-refractivity contribution in [2.75, 3.05) is 13.2 Å². The Bertz CT molecular complexity index is 145. The quantitative estimate of drug-likeness (QED) is 0.735. The molecule has 1 aliphatic carbocycles. The lowest BCUT2D eigenvalue weighted by atomic mass is 9.93. The highest BCUT2D eigenvalue weighted by Crippen LogP contribution is 2.21. The summed E-state index contributed by atoms with van der Waals surface area (Å²) < 4.78 is 5.88. The Labute approximate surface area is 88.4 Å². The second kappa shape index (κ2) is 6.41. The predicted octanol–water partition coefficient (Wildman–Crippen LogP) is 2.58. The second-order valence-corrected chi connectivity index (χ2v) is 4.77. The van der Waals surface area contributed by atoms with Crippen LogP contribution in [0.5, 0.6) is 0 Å². The van der Waals surface area contributed by atoms with Gasteiger partial charge in [-0.15, -0.1) is 0 Å². The van der Waals surface area contributed by atoms with Gasteiger partial charge in [-0.25, -0.2) is 0 Å². The first-order valence-electron chi connectivity index (χ1n) is 6.07. The van der Waals surface area contributed by atoms with Crippen LogP contribution in [-0.4, -0.2) is 25.3 Å². The molecule has 1 saturated carbocycles. The van der Waals surface area contributed by atoms with E-state index < -0.39 is 0 Å². The van der Waals surface area contributed by atoms with Gasteiger partial charge in [0.15, 0.2) is 0 Å². The van der Waals surface area contributed by atoms with Crippen LogP contribution in [0, 0.1) is 5.92 Å². The first-order chi connectivity index (χ1) is 6.72. The van der Waals surface area contributed by atoms with Crippen LogP contribution < -0.4 is 5.32 Å². The molecule has 0 amide bonds. The Morgan fingerprint density at radius 1 is 1.36 bits per heavy atom. The lowest BCUT2D eigenvalue weighted by Gasteiger charge is -2.30. The van der Waals surface area contributed by atoms with Crippen LogP contribution in [-0.2, 0) is 4.74 Å². The van der Waals surface area contributed by atoms with E-state index in [-0.39, 0.29) is 0 Å². The zero-order valence-electron chi connectivity index (χ0n) is 9.88. The molecule has 1 aliphatic rings. The van der Waals surface area contributed by atoms with Crippen LogP contribution in [0.2, 0.25) is 0 Å². The molecule has 0 aliphatic heterocycles. The van der Waals surface area contributed by atoms with Crippen molar-refractivity contribution in [1.82, 2.24) is 5.32 Å². The van der Waals surface area contributed by atoms with E-state index in [0.29, 0.717) is 18.1 Å². The zero-order chi connectivity index (χ0) is 10.4. The van der Waals surface area contributed by atoms with E-state index in [1.54, 1.807) is 0 Å². The molecule has 2 unspecified atom stereocenters. The van der Waals surface area contributed by atoms with Crippen molar-refractivity contribution in [3.05, 3.63) is 0 Å². The third kappa shape index (κ3) is 4.43. The molecular formula is C12H25NO. The smallest absolute Gasteiger partial charge is 0.0590 e. The number of rotatable bonds is 5. The summed E-state index contributed by atoms with van der Waals surface area (Å²) in [4.78, 5) is 0. The summed E-state index contributed by atoms with van der Waals surface area (Å²) >= 11 is 0. The fourth-order valence-electron chi connectivity index (χ4n) is 2.10. The summed E-state index contributed by atoms with van der Waals surface area (Å²) in [7, 11) is 0. The average Bonchev–Trinajstić information content (AvgIpc) is 2.16. The van der Waals surface area contributed by atoms with Crippen LogP contribution in [0.25, 0.3) is 0 Å². The van der Waals surface area contributed by atoms with Gasteiger partial charge in [0.05, 0.1) is 6.10 Å². The molecule has 2 heteroatoms. The summed E-state index contributed by atoms with van der Waals surface area (Å²) in [5, 5.41) is 3.52. The van der Waals surface area contributed by atoms with Crippen LogP contribution in [0.15, 0.2) is 0 Å². The topological polar surface area (TPSA) is 21.3 Å². The molecule has 1 N–H and O–H groups in total. The molecule has 0 spiro atoms. The highest BCUT2D eigenvalue weighted by atomic mass is 16.5. The van der Waals surface area contributed by atoms with Crippen molar-refractivity contribution in [3.8, 4) is 0 Å². The molecule has 0 heterocycles. The molecule has 0 saturated heterocycles. The first kappa shape index (κ1) is 12.0. The lowest BCUT2D eigenvalue weighted by molar-refractivity contribution is 0.00605. The Morgan fingerprint density at radius 2 is 2.14 bits per heavy atom. The van der Waals surface area contributed by atoms with E-state index in [0.717, 1.165) is 13.2 Å². The third-order valence-electron chi connectivity index (χ3n) is 2.78. The molecule has 2 atom stereocenters. The molecular weight excluding hydrogens is 174 g/mol. The second-order valence-electron chi connectivity index (χ2n) is 4.77. The van der Waals surface area contributed by atoms with Crippen LogP contribution in [0.3, 0.4) is 0 Å². The Hall–Kier alpha value is -0.0800. The fourth-order valence-corrected chi connectivity index (χ4v) is 2.10. The molecule has 0 aromatic heterocycles. The number of hydrogen-bond donors (Lipinski definition) is 1. The van der Waals surface area contributed by atoms with Gasteiger partial charge in [0.25, 0.3) is 0 Å². The SMILES string of the molecule is CCNC1CCCC(OCC(C)C)C1. The van der Waals surface area contributed by atoms with E-state index in [4.69, 9.17) is 4.74 Å². The minimum atomic E-state index is 0.509. The monoisotopic (exact) mass is 199 g/mol. The number of hydrogen-bond acceptors (Lipinski definition) is 2. The van der Waals surface area contributed by atoms with Gasteiger partial charge >= 0.3 is 0 Å². The molecule has 84 valence electrons. The highest BCUT2D eigenvalue weighted by Gasteiger charge is 2.21. The molecule has 1 fully saturated rings. The number of nitrogens with one attached hydrogen (secondary N) is 1. The minimum Gasteiger partial charge on any atom is -0.378 e. The van der Waals surface area contributed by atoms with Crippen molar-refractivity contribution in [3.63, 3.8) is 0 Å². The van der Waals surface area contributed by atoms with Crippen LogP contribution >= 0.6 is 0 Å². The van der Waals surface area contributed by atoms with Gasteiger partial charge < -0.3 is 10.1 Å². The standard InChI is InChI=1S/C12H25NO/c1-4-13-11-6-5-7-12(8-11)14-9-10(2)3/h10-13H,4-9H2,1-3H3. The van der Waals surface area contributed by atoms with Crippen LogP contribution in [0.4, 0.5) is 0 Å². The van der Waals surface area contributed by atoms with Crippen molar-refractivity contribution in [2.45, 2.75) is 58.6 Å². The summed E-state index contributed by atoms with van der Waals surface area (Å²) in [5.41, 5.74) is 0. The van der Waals surface area contributed by atoms with Gasteiger partial charge in [-0.05, 0) is 38.1 Å². The van der Waals surface area contributed by atoms with Crippen molar-refractivity contribution in [1.29, 1.82) is 0 Å². The fraction of sp³-hybridized carbons (Fsp3) is 1.00. The van der Waals surface area contributed by atoms with Gasteiger partial charge in [-0.3, -0.25) is 0 Å². The van der Waals surface area contributed by atoms with Crippen molar-refractivity contribution < 1.29 is 4.74 Å². The molecule has 0 radical (unpaired) electrons. The largest absolute Gasteiger partial charge is 0.378 e. The molecule has 0 aromatic carbocycles.